The molecule has 1 unspecified atom stereocenters. The maximum Gasteiger partial charge on any atom is 0.320 e. The largest absolute Gasteiger partial charge is 0.435 e. The average molecular weight is 314 g/mol. The van der Waals surface area contributed by atoms with Crippen molar-refractivity contribution in [2.75, 3.05) is 13.7 Å². The zero-order chi connectivity index (χ0) is 16.5. The maximum absolute atomic E-state index is 12.4. The van der Waals surface area contributed by atoms with Crippen LogP contribution in [-0.4, -0.2) is 53.0 Å². The zero-order valence-corrected chi connectivity index (χ0v) is 13.6. The van der Waals surface area contributed by atoms with Crippen molar-refractivity contribution in [3.05, 3.63) is 0 Å². The van der Waals surface area contributed by atoms with Crippen LogP contribution < -0.4 is 0 Å². The Morgan fingerprint density at radius 1 is 1.27 bits per heavy atom. The summed E-state index contributed by atoms with van der Waals surface area (Å²) in [5.74, 6) is -1.68. The fourth-order valence-corrected chi connectivity index (χ4v) is 5.49. The number of carbonyl (C=O) groups excluding carboxylic acids is 1. The van der Waals surface area contributed by atoms with Gasteiger partial charge in [-0.15, -0.1) is 0 Å². The summed E-state index contributed by atoms with van der Waals surface area (Å²) in [6, 6.07) is 0. The molecular weight excluding hydrogens is 288 g/mol. The summed E-state index contributed by atoms with van der Waals surface area (Å²) in [5, 5.41) is 31.2. The Bertz CT molecular complexity index is 491. The molecule has 3 fully saturated rings. The van der Waals surface area contributed by atoms with Gasteiger partial charge in [0.1, 0.15) is 5.41 Å². The Morgan fingerprint density at radius 3 is 2.45 bits per heavy atom. The summed E-state index contributed by atoms with van der Waals surface area (Å²) in [7, 11) is 1.55. The molecule has 0 radical (unpaired) electrons. The first-order chi connectivity index (χ1) is 10.1. The number of carbonyl (C=O) groups is 1. The number of rotatable bonds is 2. The third-order valence-electron chi connectivity index (χ3n) is 6.51. The van der Waals surface area contributed by atoms with Gasteiger partial charge in [-0.3, -0.25) is 4.79 Å². The molecule has 2 aliphatic carbocycles. The van der Waals surface area contributed by atoms with Crippen LogP contribution in [0.5, 0.6) is 0 Å². The second-order valence-corrected chi connectivity index (χ2v) is 8.15. The van der Waals surface area contributed by atoms with E-state index in [1.54, 1.807) is 7.11 Å². The number of aliphatic hydroxyl groups excluding tert-OH is 3. The smallest absolute Gasteiger partial charge is 0.320 e. The molecule has 3 N–H and O–H groups in total. The number of aliphatic hydroxyl groups is 3. The second kappa shape index (κ2) is 4.66. The highest BCUT2D eigenvalue weighted by atomic mass is 16.6. The molecule has 126 valence electrons. The molecular formula is C16H26O6. The van der Waals surface area contributed by atoms with Crippen LogP contribution in [0.15, 0.2) is 0 Å². The summed E-state index contributed by atoms with van der Waals surface area (Å²) in [6.07, 6.45) is -0.834. The summed E-state index contributed by atoms with van der Waals surface area (Å²) >= 11 is 0. The monoisotopic (exact) mass is 314 g/mol. The van der Waals surface area contributed by atoms with Crippen LogP contribution in [0.3, 0.4) is 0 Å². The summed E-state index contributed by atoms with van der Waals surface area (Å²) in [5.41, 5.74) is -2.34. The van der Waals surface area contributed by atoms with E-state index in [1.165, 1.54) is 0 Å². The highest BCUT2D eigenvalue weighted by Gasteiger charge is 2.75. The minimum absolute atomic E-state index is 0.00340. The molecule has 0 aromatic carbocycles. The zero-order valence-electron chi connectivity index (χ0n) is 13.6. The van der Waals surface area contributed by atoms with E-state index >= 15 is 0 Å². The van der Waals surface area contributed by atoms with Gasteiger partial charge in [0.05, 0.1) is 24.2 Å². The Morgan fingerprint density at radius 2 is 1.91 bits per heavy atom. The van der Waals surface area contributed by atoms with Crippen LogP contribution in [0.4, 0.5) is 0 Å². The molecule has 0 spiro atoms. The molecule has 0 aromatic heterocycles. The van der Waals surface area contributed by atoms with Crippen LogP contribution in [0, 0.1) is 28.6 Å². The van der Waals surface area contributed by atoms with E-state index in [-0.39, 0.29) is 17.3 Å². The predicted molar refractivity (Wildman–Crippen MR) is 76.5 cm³/mol. The lowest BCUT2D eigenvalue weighted by Crippen LogP contribution is -2.67. The number of methoxy groups -OCH3 is 1. The van der Waals surface area contributed by atoms with Gasteiger partial charge in [-0.2, -0.15) is 0 Å². The van der Waals surface area contributed by atoms with Crippen molar-refractivity contribution >= 4 is 5.97 Å². The van der Waals surface area contributed by atoms with Gasteiger partial charge in [0.15, 0.2) is 0 Å². The van der Waals surface area contributed by atoms with Crippen molar-refractivity contribution in [2.45, 2.75) is 51.6 Å². The number of fused-ring (bicyclic) bond motifs is 2. The highest BCUT2D eigenvalue weighted by Crippen LogP contribution is 2.64. The standard InChI is InChI=1S/C16H26O6/c1-14(2)5-8-9(6-14)15(3,21-4)10-12(19)22-13(20)16(10,7-17)11(8)18/h8-12,17-19H,5-7H2,1-4H3/t8-,9+,10?,11+,12-,15-,16-/m1/s1. The lowest BCUT2D eigenvalue weighted by atomic mass is 9.53. The molecule has 0 bridgehead atoms. The first-order valence-electron chi connectivity index (χ1n) is 7.87. The highest BCUT2D eigenvalue weighted by molar-refractivity contribution is 5.81. The van der Waals surface area contributed by atoms with Gasteiger partial charge in [-0.05, 0) is 37.0 Å². The Balaban J connectivity index is 2.16. The van der Waals surface area contributed by atoms with Crippen molar-refractivity contribution in [2.24, 2.45) is 28.6 Å². The molecule has 22 heavy (non-hydrogen) atoms. The van der Waals surface area contributed by atoms with Gasteiger partial charge in [0.25, 0.3) is 0 Å². The fourth-order valence-electron chi connectivity index (χ4n) is 5.49. The lowest BCUT2D eigenvalue weighted by molar-refractivity contribution is -0.238. The molecule has 2 saturated carbocycles. The van der Waals surface area contributed by atoms with E-state index in [2.05, 4.69) is 13.8 Å². The van der Waals surface area contributed by atoms with Crippen LogP contribution in [-0.2, 0) is 14.3 Å². The van der Waals surface area contributed by atoms with Crippen molar-refractivity contribution in [1.29, 1.82) is 0 Å². The average Bonchev–Trinajstić information content (AvgIpc) is 2.91. The molecule has 1 heterocycles. The number of ether oxygens (including phenoxy) is 2. The van der Waals surface area contributed by atoms with Crippen molar-refractivity contribution in [3.63, 3.8) is 0 Å². The lowest BCUT2D eigenvalue weighted by Gasteiger charge is -2.54. The van der Waals surface area contributed by atoms with E-state index in [0.717, 1.165) is 12.8 Å². The third kappa shape index (κ3) is 1.72. The van der Waals surface area contributed by atoms with Crippen molar-refractivity contribution in [1.82, 2.24) is 0 Å². The van der Waals surface area contributed by atoms with E-state index in [4.69, 9.17) is 9.47 Å². The van der Waals surface area contributed by atoms with Gasteiger partial charge >= 0.3 is 5.97 Å². The van der Waals surface area contributed by atoms with Gasteiger partial charge in [0, 0.05) is 7.11 Å². The molecule has 3 rings (SSSR count). The number of esters is 1. The molecule has 3 aliphatic rings. The maximum atomic E-state index is 12.4. The molecule has 1 aliphatic heterocycles. The fraction of sp³-hybridized carbons (Fsp3) is 0.938. The van der Waals surface area contributed by atoms with Crippen molar-refractivity contribution in [3.8, 4) is 0 Å². The SMILES string of the molecule is CO[C@@]1(C)C2[C@H](O)OC(=O)[C@@]2(CO)[C@@H](O)[C@@H]2CC(C)(C)C[C@@H]21. The Kier molecular flexibility index (Phi) is 3.43. The van der Waals surface area contributed by atoms with Gasteiger partial charge in [-0.25, -0.2) is 0 Å². The van der Waals surface area contributed by atoms with E-state index in [9.17, 15) is 20.1 Å². The topological polar surface area (TPSA) is 96.2 Å². The molecule has 1 saturated heterocycles. The minimum atomic E-state index is -1.51. The second-order valence-electron chi connectivity index (χ2n) is 8.15. The third-order valence-corrected chi connectivity index (χ3v) is 6.51. The first-order valence-corrected chi connectivity index (χ1v) is 7.87. The molecule has 0 amide bonds. The number of hydrogen-bond donors (Lipinski definition) is 3. The van der Waals surface area contributed by atoms with Crippen LogP contribution in [0.2, 0.25) is 0 Å². The quantitative estimate of drug-likeness (QED) is 0.634. The van der Waals surface area contributed by atoms with Crippen LogP contribution in [0.25, 0.3) is 0 Å². The summed E-state index contributed by atoms with van der Waals surface area (Å²) < 4.78 is 10.8. The molecule has 7 atom stereocenters. The molecule has 6 nitrogen and oxygen atoms in total. The van der Waals surface area contributed by atoms with Gasteiger partial charge < -0.3 is 24.8 Å². The minimum Gasteiger partial charge on any atom is -0.435 e. The number of hydrogen-bond acceptors (Lipinski definition) is 6. The summed E-state index contributed by atoms with van der Waals surface area (Å²) in [6.45, 7) is 5.56. The van der Waals surface area contributed by atoms with E-state index in [0.29, 0.717) is 0 Å². The van der Waals surface area contributed by atoms with Crippen LogP contribution >= 0.6 is 0 Å². The summed E-state index contributed by atoms with van der Waals surface area (Å²) in [4.78, 5) is 12.4. The molecule has 0 aromatic rings. The predicted octanol–water partition coefficient (Wildman–Crippen LogP) is 0.288. The first kappa shape index (κ1) is 16.2. The van der Waals surface area contributed by atoms with E-state index < -0.39 is 41.9 Å². The van der Waals surface area contributed by atoms with Gasteiger partial charge in [-0.1, -0.05) is 13.8 Å². The Labute approximate surface area is 130 Å². The van der Waals surface area contributed by atoms with E-state index in [1.807, 2.05) is 6.92 Å². The van der Waals surface area contributed by atoms with Crippen LogP contribution in [0.1, 0.15) is 33.6 Å². The van der Waals surface area contributed by atoms with Crippen molar-refractivity contribution < 1.29 is 29.6 Å². The van der Waals surface area contributed by atoms with Gasteiger partial charge in [0.2, 0.25) is 6.29 Å². The number of cyclic esters (lactones) is 1. The Hall–Kier alpha value is -0.690. The molecule has 6 heteroatoms. The normalized spacial score (nSPS) is 53.0.